The minimum atomic E-state index is -4.43. The van der Waals surface area contributed by atoms with Crippen LogP contribution in [0, 0.1) is 0 Å². The number of hydrogen-bond acceptors (Lipinski definition) is 6. The number of halogens is 2. The summed E-state index contributed by atoms with van der Waals surface area (Å²) in [5, 5.41) is 8.88. The normalized spacial score (nSPS) is 22.8. The molecule has 2 rings (SSSR count). The average molecular weight is 308 g/mol. The molecule has 3 N–H and O–H groups in total. The molecule has 0 unspecified atom stereocenters. The van der Waals surface area contributed by atoms with E-state index in [1.54, 1.807) is 0 Å². The summed E-state index contributed by atoms with van der Waals surface area (Å²) in [5.41, 5.74) is 5.20. The van der Waals surface area contributed by atoms with E-state index in [2.05, 4.69) is 9.97 Å². The number of carbonyl (C=O) groups is 1. The molecule has 0 amide bonds. The first kappa shape index (κ1) is 14.5. The monoisotopic (exact) mass is 308 g/mol. The number of aliphatic carboxylic acids is 1. The standard InChI is InChI=1S/C9H10F2N4O4S/c10-9(11)1-6(7(16)17)15(4-9)20(18,19)5-2-13-8(12)14-3-5/h2-3,6H,1,4H2,(H,16,17)(H2,12,13,14)/t6-/m1/s1. The largest absolute Gasteiger partial charge is 0.480 e. The molecule has 110 valence electrons. The van der Waals surface area contributed by atoms with Gasteiger partial charge in [0.2, 0.25) is 16.0 Å². The molecule has 0 aliphatic carbocycles. The van der Waals surface area contributed by atoms with Crippen molar-refractivity contribution in [2.45, 2.75) is 23.3 Å². The van der Waals surface area contributed by atoms with Crippen LogP contribution in [-0.2, 0) is 14.8 Å². The zero-order valence-corrected chi connectivity index (χ0v) is 10.7. The molecule has 0 aromatic carbocycles. The second-order valence-corrected chi connectivity index (χ2v) is 6.13. The van der Waals surface area contributed by atoms with E-state index < -0.39 is 45.8 Å². The van der Waals surface area contributed by atoms with Crippen LogP contribution in [0.4, 0.5) is 14.7 Å². The van der Waals surface area contributed by atoms with E-state index in [-0.39, 0.29) is 10.3 Å². The molecule has 1 saturated heterocycles. The van der Waals surface area contributed by atoms with Crippen molar-refractivity contribution in [2.24, 2.45) is 0 Å². The Morgan fingerprint density at radius 3 is 2.50 bits per heavy atom. The van der Waals surface area contributed by atoms with Gasteiger partial charge in [-0.3, -0.25) is 4.79 Å². The Labute approximate surface area is 112 Å². The van der Waals surface area contributed by atoms with Crippen LogP contribution < -0.4 is 5.73 Å². The van der Waals surface area contributed by atoms with Gasteiger partial charge in [0, 0.05) is 6.42 Å². The summed E-state index contributed by atoms with van der Waals surface area (Å²) >= 11 is 0. The smallest absolute Gasteiger partial charge is 0.322 e. The molecule has 0 spiro atoms. The van der Waals surface area contributed by atoms with E-state index in [1.807, 2.05) is 0 Å². The molecule has 1 aliphatic heterocycles. The quantitative estimate of drug-likeness (QED) is 0.773. The maximum atomic E-state index is 13.3. The number of rotatable bonds is 3. The molecule has 1 aromatic rings. The van der Waals surface area contributed by atoms with E-state index >= 15 is 0 Å². The van der Waals surface area contributed by atoms with Gasteiger partial charge in [-0.2, -0.15) is 4.31 Å². The molecule has 0 radical (unpaired) electrons. The molecule has 1 aromatic heterocycles. The highest BCUT2D eigenvalue weighted by Gasteiger charge is 2.53. The van der Waals surface area contributed by atoms with Crippen LogP contribution in [0.1, 0.15) is 6.42 Å². The van der Waals surface area contributed by atoms with Crippen LogP contribution in [0.25, 0.3) is 0 Å². The van der Waals surface area contributed by atoms with E-state index in [0.717, 1.165) is 12.4 Å². The van der Waals surface area contributed by atoms with Gasteiger partial charge in [-0.1, -0.05) is 0 Å². The van der Waals surface area contributed by atoms with Crippen molar-refractivity contribution in [1.82, 2.24) is 14.3 Å². The minimum absolute atomic E-state index is 0.189. The maximum Gasteiger partial charge on any atom is 0.322 e. The summed E-state index contributed by atoms with van der Waals surface area (Å²) in [7, 11) is -4.43. The van der Waals surface area contributed by atoms with E-state index in [4.69, 9.17) is 10.8 Å². The fraction of sp³-hybridized carbons (Fsp3) is 0.444. The number of alkyl halides is 2. The van der Waals surface area contributed by atoms with Gasteiger partial charge >= 0.3 is 5.97 Å². The molecule has 1 aliphatic rings. The fourth-order valence-electron chi connectivity index (χ4n) is 1.85. The van der Waals surface area contributed by atoms with Gasteiger partial charge in [0.15, 0.2) is 0 Å². The first-order valence-electron chi connectivity index (χ1n) is 5.33. The Bertz CT molecular complexity index is 634. The molecule has 8 nitrogen and oxygen atoms in total. The molecule has 11 heteroatoms. The average Bonchev–Trinajstić information content (AvgIpc) is 2.67. The maximum absolute atomic E-state index is 13.3. The van der Waals surface area contributed by atoms with Crippen molar-refractivity contribution < 1.29 is 27.1 Å². The summed E-state index contributed by atoms with van der Waals surface area (Å²) in [5.74, 6) is -5.22. The first-order valence-corrected chi connectivity index (χ1v) is 6.77. The molecular formula is C9H10F2N4O4S. The lowest BCUT2D eigenvalue weighted by atomic mass is 10.2. The lowest BCUT2D eigenvalue weighted by Gasteiger charge is -2.19. The zero-order valence-electron chi connectivity index (χ0n) is 9.90. The number of anilines is 1. The van der Waals surface area contributed by atoms with Crippen molar-refractivity contribution in [3.63, 3.8) is 0 Å². The molecular weight excluding hydrogens is 298 g/mol. The topological polar surface area (TPSA) is 126 Å². The second kappa shape index (κ2) is 4.59. The Morgan fingerprint density at radius 2 is 2.00 bits per heavy atom. The van der Waals surface area contributed by atoms with Crippen molar-refractivity contribution in [3.05, 3.63) is 12.4 Å². The van der Waals surface area contributed by atoms with Gasteiger partial charge in [-0.15, -0.1) is 0 Å². The van der Waals surface area contributed by atoms with Crippen LogP contribution in [-0.4, -0.2) is 52.3 Å². The van der Waals surface area contributed by atoms with Crippen LogP contribution in [0.2, 0.25) is 0 Å². The van der Waals surface area contributed by atoms with E-state index in [0.29, 0.717) is 0 Å². The van der Waals surface area contributed by atoms with Crippen LogP contribution in [0.5, 0.6) is 0 Å². The first-order chi connectivity index (χ1) is 9.13. The van der Waals surface area contributed by atoms with Crippen molar-refractivity contribution in [3.8, 4) is 0 Å². The highest BCUT2D eigenvalue weighted by atomic mass is 32.2. The van der Waals surface area contributed by atoms with Gasteiger partial charge in [-0.25, -0.2) is 27.2 Å². The second-order valence-electron chi connectivity index (χ2n) is 4.24. The third kappa shape index (κ3) is 2.54. The number of hydrogen-bond donors (Lipinski definition) is 2. The lowest BCUT2D eigenvalue weighted by Crippen LogP contribution is -2.40. The number of aromatic nitrogens is 2. The zero-order chi connectivity index (χ0) is 15.1. The van der Waals surface area contributed by atoms with Gasteiger partial charge < -0.3 is 10.8 Å². The van der Waals surface area contributed by atoms with Gasteiger partial charge in [0.25, 0.3) is 5.92 Å². The Kier molecular flexibility index (Phi) is 3.34. The Hall–Kier alpha value is -1.88. The number of nitrogens with zero attached hydrogens (tertiary/aromatic N) is 3. The van der Waals surface area contributed by atoms with Crippen molar-refractivity contribution >= 4 is 21.9 Å². The highest BCUT2D eigenvalue weighted by molar-refractivity contribution is 7.89. The minimum Gasteiger partial charge on any atom is -0.480 e. The summed E-state index contributed by atoms with van der Waals surface area (Å²) in [4.78, 5) is 17.3. The predicted molar refractivity (Wildman–Crippen MR) is 61.3 cm³/mol. The van der Waals surface area contributed by atoms with Crippen LogP contribution >= 0.6 is 0 Å². The highest BCUT2D eigenvalue weighted by Crippen LogP contribution is 2.35. The van der Waals surface area contributed by atoms with E-state index in [9.17, 15) is 22.0 Å². The number of nitrogen functional groups attached to an aromatic ring is 1. The lowest BCUT2D eigenvalue weighted by molar-refractivity contribution is -0.141. The molecule has 20 heavy (non-hydrogen) atoms. The summed E-state index contributed by atoms with van der Waals surface area (Å²) in [6.45, 7) is -1.20. The number of sulfonamides is 1. The number of carboxylic acids is 1. The molecule has 1 fully saturated rings. The Balaban J connectivity index is 2.42. The molecule has 0 saturated carbocycles. The summed E-state index contributed by atoms with van der Waals surface area (Å²) in [6, 6.07) is -1.83. The van der Waals surface area contributed by atoms with Gasteiger partial charge in [-0.05, 0) is 0 Å². The SMILES string of the molecule is Nc1ncc(S(=O)(=O)N2CC(F)(F)C[C@@H]2C(=O)O)cn1. The Morgan fingerprint density at radius 1 is 1.45 bits per heavy atom. The third-order valence-corrected chi connectivity index (χ3v) is 4.57. The van der Waals surface area contributed by atoms with Crippen molar-refractivity contribution in [2.75, 3.05) is 12.3 Å². The molecule has 0 bridgehead atoms. The van der Waals surface area contributed by atoms with E-state index in [1.165, 1.54) is 0 Å². The third-order valence-electron chi connectivity index (χ3n) is 2.77. The fourth-order valence-corrected chi connectivity index (χ4v) is 3.35. The van der Waals surface area contributed by atoms with Gasteiger partial charge in [0.1, 0.15) is 10.9 Å². The molecule has 1 atom stereocenters. The predicted octanol–water partition coefficient (Wildman–Crippen LogP) is -0.458. The summed E-state index contributed by atoms with van der Waals surface area (Å²) in [6.07, 6.45) is 0.609. The number of nitrogens with two attached hydrogens (primary N) is 1. The summed E-state index contributed by atoms with van der Waals surface area (Å²) < 4.78 is 51.1. The number of carboxylic acid groups (broad SMARTS) is 1. The van der Waals surface area contributed by atoms with Crippen LogP contribution in [0.3, 0.4) is 0 Å². The van der Waals surface area contributed by atoms with Crippen LogP contribution in [0.15, 0.2) is 17.3 Å². The van der Waals surface area contributed by atoms with Crippen molar-refractivity contribution in [1.29, 1.82) is 0 Å². The molecule has 2 heterocycles. The van der Waals surface area contributed by atoms with Gasteiger partial charge in [0.05, 0.1) is 18.9 Å².